The van der Waals surface area contributed by atoms with Crippen molar-refractivity contribution in [2.75, 3.05) is 0 Å². The summed E-state index contributed by atoms with van der Waals surface area (Å²) in [4.78, 5) is 14.6. The summed E-state index contributed by atoms with van der Waals surface area (Å²) in [5.74, 6) is -3.79. The number of amides is 1. The van der Waals surface area contributed by atoms with Crippen LogP contribution in [0.2, 0.25) is 0 Å². The molecule has 2 aliphatic heterocycles. The first-order valence-corrected chi connectivity index (χ1v) is 8.70. The van der Waals surface area contributed by atoms with Crippen LogP contribution in [0.15, 0.2) is 36.4 Å². The standard InChI is InChI=1S/C20H18F3NO2/c21-14-3-1-11(2-4-14)12-7-15-5-6-16(8-12)24(15)20(26)13-9-17(22)19(25)18(23)10-13/h1-4,9-10,12,15-16,25H,5-8H2/t12?,15-,16+. The van der Waals surface area contributed by atoms with Gasteiger partial charge in [-0.2, -0.15) is 0 Å². The van der Waals surface area contributed by atoms with Crippen LogP contribution in [0.4, 0.5) is 13.2 Å². The molecule has 6 heteroatoms. The van der Waals surface area contributed by atoms with E-state index >= 15 is 0 Å². The highest BCUT2D eigenvalue weighted by atomic mass is 19.1. The van der Waals surface area contributed by atoms with E-state index in [1.807, 2.05) is 0 Å². The van der Waals surface area contributed by atoms with Gasteiger partial charge in [0.05, 0.1) is 0 Å². The molecule has 2 aliphatic rings. The van der Waals surface area contributed by atoms with Gasteiger partial charge in [-0.3, -0.25) is 4.79 Å². The number of carbonyl (C=O) groups excluding carboxylic acids is 1. The van der Waals surface area contributed by atoms with Crippen LogP contribution in [0, 0.1) is 17.5 Å². The first-order chi connectivity index (χ1) is 12.4. The zero-order valence-corrected chi connectivity index (χ0v) is 14.0. The van der Waals surface area contributed by atoms with Crippen molar-refractivity contribution in [2.45, 2.75) is 43.7 Å². The maximum absolute atomic E-state index is 13.6. The third-order valence-corrected chi connectivity index (χ3v) is 5.57. The maximum atomic E-state index is 13.6. The van der Waals surface area contributed by atoms with Crippen LogP contribution in [0.1, 0.15) is 47.5 Å². The molecule has 136 valence electrons. The van der Waals surface area contributed by atoms with E-state index in [9.17, 15) is 23.1 Å². The number of nitrogens with zero attached hydrogens (tertiary/aromatic N) is 1. The van der Waals surface area contributed by atoms with Gasteiger partial charge < -0.3 is 10.0 Å². The molecular weight excluding hydrogens is 343 g/mol. The number of rotatable bonds is 2. The summed E-state index contributed by atoms with van der Waals surface area (Å²) in [7, 11) is 0. The van der Waals surface area contributed by atoms with Crippen LogP contribution in [-0.2, 0) is 0 Å². The predicted molar refractivity (Wildman–Crippen MR) is 89.4 cm³/mol. The minimum Gasteiger partial charge on any atom is -0.503 e. The first kappa shape index (κ1) is 16.9. The monoisotopic (exact) mass is 361 g/mol. The van der Waals surface area contributed by atoms with Gasteiger partial charge in [-0.15, -0.1) is 0 Å². The van der Waals surface area contributed by atoms with Crippen molar-refractivity contribution in [1.29, 1.82) is 0 Å². The Morgan fingerprint density at radius 2 is 1.50 bits per heavy atom. The molecule has 0 spiro atoms. The normalized spacial score (nSPS) is 24.7. The zero-order chi connectivity index (χ0) is 18.4. The summed E-state index contributed by atoms with van der Waals surface area (Å²) in [6.07, 6.45) is 3.18. The molecule has 1 N–H and O–H groups in total. The van der Waals surface area contributed by atoms with Crippen molar-refractivity contribution in [3.63, 3.8) is 0 Å². The molecule has 2 saturated heterocycles. The fourth-order valence-corrected chi connectivity index (χ4v) is 4.35. The summed E-state index contributed by atoms with van der Waals surface area (Å²) >= 11 is 0. The van der Waals surface area contributed by atoms with Crippen LogP contribution in [0.5, 0.6) is 5.75 Å². The van der Waals surface area contributed by atoms with E-state index in [1.54, 1.807) is 17.0 Å². The highest BCUT2D eigenvalue weighted by Crippen LogP contribution is 2.43. The van der Waals surface area contributed by atoms with Gasteiger partial charge in [0.2, 0.25) is 0 Å². The Balaban J connectivity index is 1.56. The average Bonchev–Trinajstić information content (AvgIpc) is 2.88. The van der Waals surface area contributed by atoms with Crippen LogP contribution in [0.25, 0.3) is 0 Å². The molecule has 1 amide bonds. The molecular formula is C20H18F3NO2. The molecule has 2 fully saturated rings. The van der Waals surface area contributed by atoms with Gasteiger partial charge in [0, 0.05) is 17.6 Å². The van der Waals surface area contributed by atoms with Crippen molar-refractivity contribution in [3.8, 4) is 5.75 Å². The minimum absolute atomic E-state index is 0.00349. The second kappa shape index (κ2) is 6.34. The molecule has 3 nitrogen and oxygen atoms in total. The van der Waals surface area contributed by atoms with Gasteiger partial charge in [-0.1, -0.05) is 12.1 Å². The maximum Gasteiger partial charge on any atom is 0.254 e. The number of piperidine rings is 1. The molecule has 2 bridgehead atoms. The molecule has 2 aromatic rings. The van der Waals surface area contributed by atoms with Gasteiger partial charge in [0.25, 0.3) is 5.91 Å². The van der Waals surface area contributed by atoms with E-state index in [0.717, 1.165) is 43.4 Å². The SMILES string of the molecule is O=C(c1cc(F)c(O)c(F)c1)N1[C@@H]2CC[C@H]1CC(c1ccc(F)cc1)C2. The molecule has 0 aromatic heterocycles. The summed E-state index contributed by atoms with van der Waals surface area (Å²) in [5, 5.41) is 9.22. The van der Waals surface area contributed by atoms with Gasteiger partial charge in [0.1, 0.15) is 5.82 Å². The number of carbonyl (C=O) groups is 1. The lowest BCUT2D eigenvalue weighted by atomic mass is 9.85. The number of benzene rings is 2. The van der Waals surface area contributed by atoms with Gasteiger partial charge in [-0.05, 0) is 61.4 Å². The first-order valence-electron chi connectivity index (χ1n) is 8.70. The van der Waals surface area contributed by atoms with Crippen LogP contribution in [-0.4, -0.2) is 28.0 Å². The van der Waals surface area contributed by atoms with Crippen LogP contribution < -0.4 is 0 Å². The van der Waals surface area contributed by atoms with E-state index in [-0.39, 0.29) is 29.4 Å². The average molecular weight is 361 g/mol. The smallest absolute Gasteiger partial charge is 0.254 e. The van der Waals surface area contributed by atoms with Crippen molar-refractivity contribution < 1.29 is 23.1 Å². The Morgan fingerprint density at radius 1 is 0.962 bits per heavy atom. The molecule has 3 atom stereocenters. The van der Waals surface area contributed by atoms with Gasteiger partial charge in [-0.25, -0.2) is 13.2 Å². The zero-order valence-electron chi connectivity index (χ0n) is 14.0. The molecule has 4 rings (SSSR count). The van der Waals surface area contributed by atoms with Crippen molar-refractivity contribution in [3.05, 3.63) is 65.0 Å². The number of fused-ring (bicyclic) bond motifs is 2. The quantitative estimate of drug-likeness (QED) is 0.863. The largest absolute Gasteiger partial charge is 0.503 e. The molecule has 0 aliphatic carbocycles. The number of hydrogen-bond donors (Lipinski definition) is 1. The van der Waals surface area contributed by atoms with Gasteiger partial charge >= 0.3 is 0 Å². The summed E-state index contributed by atoms with van der Waals surface area (Å²) in [6, 6.07) is 8.20. The minimum atomic E-state index is -1.14. The Bertz CT molecular complexity index is 816. The van der Waals surface area contributed by atoms with E-state index < -0.39 is 23.3 Å². The van der Waals surface area contributed by atoms with E-state index in [4.69, 9.17) is 0 Å². The molecule has 26 heavy (non-hydrogen) atoms. The number of aromatic hydroxyl groups is 1. The predicted octanol–water partition coefficient (Wildman–Crippen LogP) is 4.36. The summed E-state index contributed by atoms with van der Waals surface area (Å²) in [5.41, 5.74) is 0.965. The molecule has 2 heterocycles. The van der Waals surface area contributed by atoms with Crippen LogP contribution >= 0.6 is 0 Å². The molecule has 0 saturated carbocycles. The Labute approximate surface area is 149 Å². The van der Waals surface area contributed by atoms with E-state index in [1.165, 1.54) is 12.1 Å². The van der Waals surface area contributed by atoms with Crippen molar-refractivity contribution in [1.82, 2.24) is 4.90 Å². The summed E-state index contributed by atoms with van der Waals surface area (Å²) < 4.78 is 40.3. The fraction of sp³-hybridized carbons (Fsp3) is 0.350. The molecule has 0 radical (unpaired) electrons. The number of phenolic OH excluding ortho intramolecular Hbond substituents is 1. The fourth-order valence-electron chi connectivity index (χ4n) is 4.35. The third-order valence-electron chi connectivity index (χ3n) is 5.57. The lowest BCUT2D eigenvalue weighted by molar-refractivity contribution is 0.0570. The Morgan fingerprint density at radius 3 is 2.04 bits per heavy atom. The van der Waals surface area contributed by atoms with Crippen LogP contribution in [0.3, 0.4) is 0 Å². The van der Waals surface area contributed by atoms with E-state index in [2.05, 4.69) is 0 Å². The number of hydrogen-bond acceptors (Lipinski definition) is 2. The Kier molecular flexibility index (Phi) is 4.13. The topological polar surface area (TPSA) is 40.5 Å². The van der Waals surface area contributed by atoms with Crippen molar-refractivity contribution >= 4 is 5.91 Å². The van der Waals surface area contributed by atoms with E-state index in [0.29, 0.717) is 0 Å². The number of halogens is 3. The molecule has 2 aromatic carbocycles. The second-order valence-corrected chi connectivity index (χ2v) is 7.11. The highest BCUT2D eigenvalue weighted by molar-refractivity contribution is 5.95. The van der Waals surface area contributed by atoms with Gasteiger partial charge in [0.15, 0.2) is 17.4 Å². The third kappa shape index (κ3) is 2.83. The lowest BCUT2D eigenvalue weighted by Gasteiger charge is -2.39. The molecule has 1 unspecified atom stereocenters. The Hall–Kier alpha value is -2.50. The highest BCUT2D eigenvalue weighted by Gasteiger charge is 2.43. The second-order valence-electron chi connectivity index (χ2n) is 7.11. The summed E-state index contributed by atoms with van der Waals surface area (Å²) in [6.45, 7) is 0. The number of phenols is 1. The lowest BCUT2D eigenvalue weighted by Crippen LogP contribution is -2.46. The van der Waals surface area contributed by atoms with Crippen molar-refractivity contribution in [2.24, 2.45) is 0 Å².